The topological polar surface area (TPSA) is 24.9 Å². The highest BCUT2D eigenvalue weighted by Gasteiger charge is 2.17. The Kier molecular flexibility index (Phi) is 4.61. The number of hydrogen-bond donors (Lipinski definition) is 1. The van der Waals surface area contributed by atoms with E-state index in [2.05, 4.69) is 36.5 Å². The van der Waals surface area contributed by atoms with Crippen molar-refractivity contribution in [1.29, 1.82) is 0 Å². The third-order valence-electron chi connectivity index (χ3n) is 2.87. The summed E-state index contributed by atoms with van der Waals surface area (Å²) in [5.41, 5.74) is 2.40. The second-order valence-electron chi connectivity index (χ2n) is 5.57. The highest BCUT2D eigenvalue weighted by Crippen LogP contribution is 2.23. The summed E-state index contributed by atoms with van der Waals surface area (Å²) in [5, 5.41) is 7.46. The first-order valence-electron chi connectivity index (χ1n) is 6.36. The molecule has 0 spiro atoms. The van der Waals surface area contributed by atoms with Crippen molar-refractivity contribution in [2.75, 3.05) is 0 Å². The molecule has 4 heteroatoms. The predicted octanol–water partition coefficient (Wildman–Crippen LogP) is 4.38. The van der Waals surface area contributed by atoms with E-state index in [-0.39, 0.29) is 5.41 Å². The average molecular weight is 295 g/mol. The molecule has 1 N–H and O–H groups in total. The molecular formula is C15H19ClN2S. The van der Waals surface area contributed by atoms with Crippen LogP contribution in [0.1, 0.15) is 37.0 Å². The van der Waals surface area contributed by atoms with Gasteiger partial charge in [0.05, 0.1) is 5.69 Å². The van der Waals surface area contributed by atoms with E-state index in [0.717, 1.165) is 34.4 Å². The fourth-order valence-corrected chi connectivity index (χ4v) is 2.88. The normalized spacial score (nSPS) is 11.8. The molecule has 1 aromatic heterocycles. The quantitative estimate of drug-likeness (QED) is 0.905. The van der Waals surface area contributed by atoms with Crippen LogP contribution < -0.4 is 5.32 Å². The molecule has 0 atom stereocenters. The fraction of sp³-hybridized carbons (Fsp3) is 0.400. The van der Waals surface area contributed by atoms with Gasteiger partial charge in [0.15, 0.2) is 0 Å². The lowest BCUT2D eigenvalue weighted by molar-refractivity contribution is 0.568. The fourth-order valence-electron chi connectivity index (χ4n) is 1.68. The summed E-state index contributed by atoms with van der Waals surface area (Å²) in [6.07, 6.45) is 0. The van der Waals surface area contributed by atoms with Crippen LogP contribution in [0.2, 0.25) is 5.02 Å². The molecule has 2 aromatic rings. The zero-order valence-corrected chi connectivity index (χ0v) is 13.1. The number of rotatable bonds is 4. The number of halogens is 1. The van der Waals surface area contributed by atoms with Gasteiger partial charge >= 0.3 is 0 Å². The molecule has 0 amide bonds. The van der Waals surface area contributed by atoms with Crippen LogP contribution in [-0.2, 0) is 18.5 Å². The standard InChI is InChI=1S/C15H19ClN2S/c1-15(2,3)13-10-19-14(18-13)9-17-8-11-6-4-5-7-12(11)16/h4-7,10,17H,8-9H2,1-3H3. The third kappa shape index (κ3) is 4.03. The maximum absolute atomic E-state index is 6.12. The van der Waals surface area contributed by atoms with Crippen LogP contribution in [0, 0.1) is 0 Å². The average Bonchev–Trinajstić information content (AvgIpc) is 2.80. The Labute approximate surface area is 123 Å². The lowest BCUT2D eigenvalue weighted by Crippen LogP contribution is -2.14. The zero-order valence-electron chi connectivity index (χ0n) is 11.5. The number of nitrogens with one attached hydrogen (secondary N) is 1. The molecule has 1 aromatic carbocycles. The Balaban J connectivity index is 1.90. The van der Waals surface area contributed by atoms with Gasteiger partial charge in [-0.2, -0.15) is 0 Å². The van der Waals surface area contributed by atoms with Crippen LogP contribution in [0.15, 0.2) is 29.6 Å². The van der Waals surface area contributed by atoms with Gasteiger partial charge in [-0.05, 0) is 11.6 Å². The van der Waals surface area contributed by atoms with Gasteiger partial charge in [-0.15, -0.1) is 11.3 Å². The number of nitrogens with zero attached hydrogens (tertiary/aromatic N) is 1. The van der Waals surface area contributed by atoms with E-state index >= 15 is 0 Å². The number of thiazole rings is 1. The monoisotopic (exact) mass is 294 g/mol. The van der Waals surface area contributed by atoms with Crippen LogP contribution in [0.25, 0.3) is 0 Å². The van der Waals surface area contributed by atoms with Crippen LogP contribution in [-0.4, -0.2) is 4.98 Å². The van der Waals surface area contributed by atoms with E-state index < -0.39 is 0 Å². The first-order chi connectivity index (χ1) is 8.97. The first-order valence-corrected chi connectivity index (χ1v) is 7.61. The Hall–Kier alpha value is -0.900. The predicted molar refractivity (Wildman–Crippen MR) is 82.8 cm³/mol. The van der Waals surface area contributed by atoms with E-state index in [0.29, 0.717) is 0 Å². The molecule has 0 bridgehead atoms. The van der Waals surface area contributed by atoms with E-state index in [4.69, 9.17) is 11.6 Å². The van der Waals surface area contributed by atoms with Crippen LogP contribution in [0.3, 0.4) is 0 Å². The smallest absolute Gasteiger partial charge is 0.107 e. The number of benzene rings is 1. The van der Waals surface area contributed by atoms with E-state index in [1.165, 1.54) is 0 Å². The molecule has 19 heavy (non-hydrogen) atoms. The van der Waals surface area contributed by atoms with Gasteiger partial charge in [-0.25, -0.2) is 4.98 Å². The first kappa shape index (κ1) is 14.5. The van der Waals surface area contributed by atoms with Gasteiger partial charge < -0.3 is 5.32 Å². The molecule has 0 aliphatic rings. The zero-order chi connectivity index (χ0) is 13.9. The van der Waals surface area contributed by atoms with Gasteiger partial charge in [0, 0.05) is 28.9 Å². The van der Waals surface area contributed by atoms with E-state index in [9.17, 15) is 0 Å². The molecular weight excluding hydrogens is 276 g/mol. The van der Waals surface area contributed by atoms with Crippen molar-refractivity contribution < 1.29 is 0 Å². The summed E-state index contributed by atoms with van der Waals surface area (Å²) < 4.78 is 0. The molecule has 0 radical (unpaired) electrons. The summed E-state index contributed by atoms with van der Waals surface area (Å²) in [6.45, 7) is 8.10. The summed E-state index contributed by atoms with van der Waals surface area (Å²) >= 11 is 7.83. The SMILES string of the molecule is CC(C)(C)c1csc(CNCc2ccccc2Cl)n1. The second-order valence-corrected chi connectivity index (χ2v) is 6.92. The van der Waals surface area contributed by atoms with Gasteiger partial charge in [0.25, 0.3) is 0 Å². The van der Waals surface area contributed by atoms with Gasteiger partial charge in [0.1, 0.15) is 5.01 Å². The van der Waals surface area contributed by atoms with Crippen molar-refractivity contribution in [3.05, 3.63) is 50.9 Å². The molecule has 0 unspecified atom stereocenters. The van der Waals surface area contributed by atoms with Gasteiger partial charge in [-0.3, -0.25) is 0 Å². The Morgan fingerprint density at radius 3 is 2.58 bits per heavy atom. The van der Waals surface area contributed by atoms with Gasteiger partial charge in [0.2, 0.25) is 0 Å². The molecule has 102 valence electrons. The minimum Gasteiger partial charge on any atom is -0.306 e. The summed E-state index contributed by atoms with van der Waals surface area (Å²) in [6, 6.07) is 7.91. The molecule has 0 aliphatic carbocycles. The van der Waals surface area contributed by atoms with Crippen molar-refractivity contribution in [1.82, 2.24) is 10.3 Å². The third-order valence-corrected chi connectivity index (χ3v) is 4.09. The Morgan fingerprint density at radius 2 is 1.95 bits per heavy atom. The summed E-state index contributed by atoms with van der Waals surface area (Å²) in [5.74, 6) is 0. The highest BCUT2D eigenvalue weighted by atomic mass is 35.5. The van der Waals surface area contributed by atoms with Crippen LogP contribution >= 0.6 is 22.9 Å². The molecule has 2 nitrogen and oxygen atoms in total. The lowest BCUT2D eigenvalue weighted by Gasteiger charge is -2.14. The summed E-state index contributed by atoms with van der Waals surface area (Å²) in [7, 11) is 0. The minimum absolute atomic E-state index is 0.123. The highest BCUT2D eigenvalue weighted by molar-refractivity contribution is 7.09. The molecule has 0 saturated carbocycles. The number of aromatic nitrogens is 1. The lowest BCUT2D eigenvalue weighted by atomic mass is 9.93. The number of hydrogen-bond acceptors (Lipinski definition) is 3. The minimum atomic E-state index is 0.123. The van der Waals surface area contributed by atoms with Crippen LogP contribution in [0.5, 0.6) is 0 Å². The molecule has 0 aliphatic heterocycles. The van der Waals surface area contributed by atoms with Crippen molar-refractivity contribution in [3.63, 3.8) is 0 Å². The molecule has 2 rings (SSSR count). The van der Waals surface area contributed by atoms with Crippen molar-refractivity contribution in [2.24, 2.45) is 0 Å². The molecule has 0 saturated heterocycles. The Morgan fingerprint density at radius 1 is 1.21 bits per heavy atom. The van der Waals surface area contributed by atoms with Crippen LogP contribution in [0.4, 0.5) is 0 Å². The maximum atomic E-state index is 6.12. The summed E-state index contributed by atoms with van der Waals surface area (Å²) in [4.78, 5) is 4.66. The largest absolute Gasteiger partial charge is 0.306 e. The maximum Gasteiger partial charge on any atom is 0.107 e. The molecule has 1 heterocycles. The van der Waals surface area contributed by atoms with E-state index in [1.807, 2.05) is 24.3 Å². The van der Waals surface area contributed by atoms with Crippen molar-refractivity contribution in [2.45, 2.75) is 39.3 Å². The van der Waals surface area contributed by atoms with Gasteiger partial charge in [-0.1, -0.05) is 50.6 Å². The van der Waals surface area contributed by atoms with Crippen molar-refractivity contribution >= 4 is 22.9 Å². The second kappa shape index (κ2) is 6.04. The Bertz CT molecular complexity index is 543. The van der Waals surface area contributed by atoms with E-state index in [1.54, 1.807) is 11.3 Å². The molecule has 0 fully saturated rings. The van der Waals surface area contributed by atoms with Crippen molar-refractivity contribution in [3.8, 4) is 0 Å².